The van der Waals surface area contributed by atoms with Gasteiger partial charge >= 0.3 is 0 Å². The summed E-state index contributed by atoms with van der Waals surface area (Å²) in [5.41, 5.74) is -0.0888. The van der Waals surface area contributed by atoms with E-state index in [9.17, 15) is 5.11 Å². The predicted octanol–water partition coefficient (Wildman–Crippen LogP) is 2.09. The van der Waals surface area contributed by atoms with E-state index in [1.807, 2.05) is 0 Å². The number of benzene rings is 1. The Hall–Kier alpha value is -0.386. The quantitative estimate of drug-likeness (QED) is 0.814. The first-order chi connectivity index (χ1) is 7.34. The minimum atomic E-state index is -1.26. The minimum absolute atomic E-state index is 0.0888. The monoisotopic (exact) mass is 252 g/mol. The van der Waals surface area contributed by atoms with Crippen LogP contribution in [0.2, 0.25) is 19.6 Å². The molecule has 0 saturated carbocycles. The first kappa shape index (κ1) is 13.7. The number of aliphatic hydroxyl groups is 1. The highest BCUT2D eigenvalue weighted by Crippen LogP contribution is 2.15. The van der Waals surface area contributed by atoms with E-state index >= 15 is 0 Å². The molecule has 0 aliphatic rings. The highest BCUT2D eigenvalue weighted by atomic mass is 29.2. The lowest BCUT2D eigenvalue weighted by molar-refractivity contribution is 0.200. The minimum Gasteiger partial charge on any atom is -0.396 e. The molecule has 16 heavy (non-hydrogen) atoms. The lowest BCUT2D eigenvalue weighted by atomic mass is 10.2. The molecule has 90 valence electrons. The Labute approximate surface area is 102 Å². The SMILES string of the molecule is CC(C)C(O)[SiH](c1ccccc1)[Si](C)(C)C. The molecular weight excluding hydrogens is 228 g/mol. The normalized spacial score (nSPS) is 16.2. The Kier molecular flexibility index (Phi) is 4.53. The molecule has 1 N–H and O–H groups in total. The van der Waals surface area contributed by atoms with Gasteiger partial charge in [0.05, 0.1) is 8.31 Å². The van der Waals surface area contributed by atoms with E-state index in [1.54, 1.807) is 0 Å². The molecule has 0 amide bonds. The van der Waals surface area contributed by atoms with Crippen LogP contribution in [0.25, 0.3) is 0 Å². The van der Waals surface area contributed by atoms with E-state index in [0.717, 1.165) is 0 Å². The lowest BCUT2D eigenvalue weighted by Gasteiger charge is -2.34. The molecule has 3 heteroatoms. The van der Waals surface area contributed by atoms with Crippen molar-refractivity contribution in [2.45, 2.75) is 39.2 Å². The van der Waals surface area contributed by atoms with Gasteiger partial charge in [0.25, 0.3) is 0 Å². The molecule has 0 heterocycles. The van der Waals surface area contributed by atoms with Gasteiger partial charge < -0.3 is 5.11 Å². The van der Waals surface area contributed by atoms with Crippen molar-refractivity contribution in [1.82, 2.24) is 0 Å². The maximum atomic E-state index is 10.5. The molecule has 1 aromatic rings. The summed E-state index contributed by atoms with van der Waals surface area (Å²) in [4.78, 5) is 0. The Morgan fingerprint density at radius 2 is 1.56 bits per heavy atom. The summed E-state index contributed by atoms with van der Waals surface area (Å²) in [6.07, 6.45) is 0. The van der Waals surface area contributed by atoms with Crippen molar-refractivity contribution in [3.8, 4) is 0 Å². The largest absolute Gasteiger partial charge is 0.396 e. The van der Waals surface area contributed by atoms with Crippen LogP contribution in [0.1, 0.15) is 13.8 Å². The Morgan fingerprint density at radius 3 is 1.94 bits per heavy atom. The zero-order chi connectivity index (χ0) is 12.3. The van der Waals surface area contributed by atoms with Crippen LogP contribution in [-0.2, 0) is 0 Å². The van der Waals surface area contributed by atoms with Crippen LogP contribution in [-0.4, -0.2) is 26.7 Å². The molecule has 1 nitrogen and oxygen atoms in total. The third-order valence-electron chi connectivity index (χ3n) is 3.12. The summed E-state index contributed by atoms with van der Waals surface area (Å²) in [6, 6.07) is 10.7. The Bertz CT molecular complexity index is 316. The molecule has 1 aromatic carbocycles. The van der Waals surface area contributed by atoms with E-state index in [4.69, 9.17) is 0 Å². The van der Waals surface area contributed by atoms with E-state index in [1.165, 1.54) is 5.19 Å². The molecule has 2 unspecified atom stereocenters. The van der Waals surface area contributed by atoms with Gasteiger partial charge in [-0.3, -0.25) is 0 Å². The summed E-state index contributed by atoms with van der Waals surface area (Å²) in [5.74, 6) is 0.378. The molecule has 0 saturated heterocycles. The summed E-state index contributed by atoms with van der Waals surface area (Å²) >= 11 is 0. The van der Waals surface area contributed by atoms with Crippen LogP contribution in [0, 0.1) is 5.92 Å². The van der Waals surface area contributed by atoms with Gasteiger partial charge in [0, 0.05) is 13.3 Å². The maximum absolute atomic E-state index is 10.5. The van der Waals surface area contributed by atoms with Gasteiger partial charge in [-0.2, -0.15) is 0 Å². The molecule has 0 aromatic heterocycles. The maximum Gasteiger partial charge on any atom is 0.0973 e. The average Bonchev–Trinajstić information content (AvgIpc) is 2.17. The molecule has 2 atom stereocenters. The van der Waals surface area contributed by atoms with Crippen molar-refractivity contribution in [1.29, 1.82) is 0 Å². The van der Waals surface area contributed by atoms with Gasteiger partial charge in [-0.15, -0.1) is 0 Å². The van der Waals surface area contributed by atoms with E-state index in [0.29, 0.717) is 5.92 Å². The third-order valence-corrected chi connectivity index (χ3v) is 15.2. The van der Waals surface area contributed by atoms with Crippen LogP contribution < -0.4 is 5.19 Å². The van der Waals surface area contributed by atoms with Crippen molar-refractivity contribution < 1.29 is 5.11 Å². The molecule has 0 spiro atoms. The van der Waals surface area contributed by atoms with Crippen LogP contribution in [0.15, 0.2) is 30.3 Å². The second-order valence-electron chi connectivity index (χ2n) is 5.99. The van der Waals surface area contributed by atoms with Crippen molar-refractivity contribution in [3.05, 3.63) is 30.3 Å². The Balaban J connectivity index is 3.07. The van der Waals surface area contributed by atoms with Crippen molar-refractivity contribution >= 4 is 21.1 Å². The van der Waals surface area contributed by atoms with Gasteiger partial charge in [-0.05, 0) is 5.92 Å². The number of aliphatic hydroxyl groups excluding tert-OH is 1. The highest BCUT2D eigenvalue weighted by Gasteiger charge is 2.36. The van der Waals surface area contributed by atoms with Gasteiger partial charge in [0.2, 0.25) is 0 Å². The van der Waals surface area contributed by atoms with E-state index in [-0.39, 0.29) is 5.73 Å². The molecule has 1 rings (SSSR count). The number of hydrogen-bond donors (Lipinski definition) is 1. The fourth-order valence-corrected chi connectivity index (χ4v) is 13.9. The zero-order valence-electron chi connectivity index (χ0n) is 11.1. The first-order valence-electron chi connectivity index (χ1n) is 6.07. The van der Waals surface area contributed by atoms with Crippen molar-refractivity contribution in [3.63, 3.8) is 0 Å². The number of hydrogen-bond acceptors (Lipinski definition) is 1. The van der Waals surface area contributed by atoms with Crippen molar-refractivity contribution in [2.24, 2.45) is 5.92 Å². The summed E-state index contributed by atoms with van der Waals surface area (Å²) in [5, 5.41) is 11.9. The fraction of sp³-hybridized carbons (Fsp3) is 0.538. The first-order valence-corrected chi connectivity index (χ1v) is 12.6. The average molecular weight is 253 g/mol. The van der Waals surface area contributed by atoms with Crippen LogP contribution >= 0.6 is 0 Å². The summed E-state index contributed by atoms with van der Waals surface area (Å²) < 4.78 is 0. The molecule has 0 fully saturated rings. The highest BCUT2D eigenvalue weighted by molar-refractivity contribution is 7.36. The van der Waals surface area contributed by atoms with Crippen LogP contribution in [0.4, 0.5) is 0 Å². The van der Waals surface area contributed by atoms with E-state index < -0.39 is 15.9 Å². The van der Waals surface area contributed by atoms with Crippen LogP contribution in [0.5, 0.6) is 0 Å². The molecular formula is C13H24OSi2. The fourth-order valence-electron chi connectivity index (χ4n) is 2.25. The topological polar surface area (TPSA) is 20.2 Å². The standard InChI is InChI=1S/C13H24OSi2/c1-11(2)13(14)15(16(3,4)5)12-9-7-6-8-10-12/h6-11,13-15H,1-5H3. The smallest absolute Gasteiger partial charge is 0.0973 e. The summed E-state index contributed by atoms with van der Waals surface area (Å²) in [7, 11) is -2.50. The third kappa shape index (κ3) is 3.30. The van der Waals surface area contributed by atoms with Crippen LogP contribution in [0.3, 0.4) is 0 Å². The molecule has 0 aliphatic heterocycles. The molecule has 0 radical (unpaired) electrons. The second-order valence-corrected chi connectivity index (χ2v) is 20.1. The van der Waals surface area contributed by atoms with Gasteiger partial charge in [-0.25, -0.2) is 0 Å². The lowest BCUT2D eigenvalue weighted by Crippen LogP contribution is -2.60. The Morgan fingerprint density at radius 1 is 1.06 bits per heavy atom. The van der Waals surface area contributed by atoms with Crippen molar-refractivity contribution in [2.75, 3.05) is 0 Å². The zero-order valence-corrected chi connectivity index (χ0v) is 13.2. The van der Waals surface area contributed by atoms with Gasteiger partial charge in [0.15, 0.2) is 0 Å². The number of rotatable bonds is 4. The van der Waals surface area contributed by atoms with E-state index in [2.05, 4.69) is 63.8 Å². The second kappa shape index (κ2) is 5.30. The van der Waals surface area contributed by atoms with Gasteiger partial charge in [0.1, 0.15) is 0 Å². The molecule has 0 bridgehead atoms. The molecule has 0 aliphatic carbocycles. The van der Waals surface area contributed by atoms with Gasteiger partial charge in [-0.1, -0.05) is 69.0 Å². The predicted molar refractivity (Wildman–Crippen MR) is 77.4 cm³/mol. The summed E-state index contributed by atoms with van der Waals surface area (Å²) in [6.45, 7) is 11.4.